The van der Waals surface area contributed by atoms with Gasteiger partial charge in [0.05, 0.1) is 19.8 Å². The van der Waals surface area contributed by atoms with E-state index in [2.05, 4.69) is 35.5 Å². The lowest BCUT2D eigenvalue weighted by Crippen LogP contribution is -2.32. The lowest BCUT2D eigenvalue weighted by molar-refractivity contribution is 0.0800. The first-order valence-corrected chi connectivity index (χ1v) is 9.20. The third-order valence-corrected chi connectivity index (χ3v) is 5.01. The van der Waals surface area contributed by atoms with Crippen molar-refractivity contribution >= 4 is 5.95 Å². The lowest BCUT2D eigenvalue weighted by Gasteiger charge is -2.24. The topological polar surface area (TPSA) is 59.3 Å². The van der Waals surface area contributed by atoms with Crippen molar-refractivity contribution < 1.29 is 4.74 Å². The molecule has 0 N–H and O–H groups in total. The van der Waals surface area contributed by atoms with Crippen LogP contribution < -0.4 is 4.90 Å². The van der Waals surface area contributed by atoms with Crippen LogP contribution in [0.3, 0.4) is 0 Å². The number of imidazole rings is 1. The average molecular weight is 342 g/mol. The zero-order chi connectivity index (χ0) is 16.9. The summed E-state index contributed by atoms with van der Waals surface area (Å²) < 4.78 is 8.26. The van der Waals surface area contributed by atoms with E-state index in [-0.39, 0.29) is 0 Å². The van der Waals surface area contributed by atoms with Crippen LogP contribution in [0.1, 0.15) is 18.7 Å². The van der Waals surface area contributed by atoms with E-state index < -0.39 is 0 Å². The number of aromatic nitrogens is 4. The number of hydrogen-bond acceptors (Lipinski definition) is 6. The maximum Gasteiger partial charge on any atom is 0.225 e. The Kier molecular flexibility index (Phi) is 5.22. The fourth-order valence-corrected chi connectivity index (χ4v) is 3.70. The van der Waals surface area contributed by atoms with Crippen LogP contribution in [-0.2, 0) is 17.8 Å². The Bertz CT molecular complexity index is 655. The molecule has 1 atom stereocenters. The molecule has 25 heavy (non-hydrogen) atoms. The highest BCUT2D eigenvalue weighted by molar-refractivity contribution is 5.29. The first kappa shape index (κ1) is 16.5. The van der Waals surface area contributed by atoms with Crippen LogP contribution in [0.25, 0.3) is 0 Å². The first-order valence-electron chi connectivity index (χ1n) is 9.20. The number of anilines is 1. The fraction of sp³-hybridized carbons (Fsp3) is 0.611. The van der Waals surface area contributed by atoms with Crippen molar-refractivity contribution in [1.29, 1.82) is 0 Å². The van der Waals surface area contributed by atoms with Gasteiger partial charge in [0, 0.05) is 50.3 Å². The third kappa shape index (κ3) is 4.16. The number of rotatable bonds is 6. The smallest absolute Gasteiger partial charge is 0.225 e. The number of hydrogen-bond donors (Lipinski definition) is 0. The van der Waals surface area contributed by atoms with E-state index in [0.717, 1.165) is 51.2 Å². The van der Waals surface area contributed by atoms with Gasteiger partial charge in [-0.1, -0.05) is 0 Å². The van der Waals surface area contributed by atoms with E-state index in [9.17, 15) is 0 Å². The number of likely N-dealkylation sites (tertiary alicyclic amines) is 1. The second kappa shape index (κ2) is 7.93. The monoisotopic (exact) mass is 342 g/mol. The van der Waals surface area contributed by atoms with Gasteiger partial charge in [0.15, 0.2) is 0 Å². The zero-order valence-electron chi connectivity index (χ0n) is 14.6. The first-order chi connectivity index (χ1) is 12.4. The Balaban J connectivity index is 1.37. The summed E-state index contributed by atoms with van der Waals surface area (Å²) in [7, 11) is 0. The molecule has 0 unspecified atom stereocenters. The number of ether oxygens (including phenoxy) is 1. The van der Waals surface area contributed by atoms with Crippen LogP contribution in [0.15, 0.2) is 30.9 Å². The van der Waals surface area contributed by atoms with Crippen LogP contribution in [0.4, 0.5) is 5.95 Å². The minimum atomic E-state index is 0.401. The molecule has 0 spiro atoms. The van der Waals surface area contributed by atoms with Crippen LogP contribution in [0, 0.1) is 5.92 Å². The Hall–Kier alpha value is -1.99. The van der Waals surface area contributed by atoms with Gasteiger partial charge in [-0.05, 0) is 32.0 Å². The molecule has 0 saturated carbocycles. The molecular weight excluding hydrogens is 316 g/mol. The minimum absolute atomic E-state index is 0.401. The summed E-state index contributed by atoms with van der Waals surface area (Å²) in [5, 5.41) is 0. The van der Waals surface area contributed by atoms with Crippen LogP contribution in [0.2, 0.25) is 0 Å². The van der Waals surface area contributed by atoms with E-state index in [1.807, 2.05) is 12.3 Å². The quantitative estimate of drug-likeness (QED) is 0.740. The maximum atomic E-state index is 6.02. The molecule has 7 nitrogen and oxygen atoms in total. The summed E-state index contributed by atoms with van der Waals surface area (Å²) in [5.74, 6) is 2.23. The van der Waals surface area contributed by atoms with Crippen molar-refractivity contribution in [3.8, 4) is 0 Å². The van der Waals surface area contributed by atoms with E-state index in [4.69, 9.17) is 4.74 Å². The molecular formula is C18H26N6O. The molecule has 134 valence electrons. The van der Waals surface area contributed by atoms with E-state index >= 15 is 0 Å². The highest BCUT2D eigenvalue weighted by atomic mass is 16.5. The summed E-state index contributed by atoms with van der Waals surface area (Å²) in [6.07, 6.45) is 10.2. The van der Waals surface area contributed by atoms with Gasteiger partial charge < -0.3 is 19.1 Å². The summed E-state index contributed by atoms with van der Waals surface area (Å²) in [6, 6.07) is 1.85. The van der Waals surface area contributed by atoms with Gasteiger partial charge in [-0.15, -0.1) is 0 Å². The van der Waals surface area contributed by atoms with Crippen molar-refractivity contribution in [2.75, 3.05) is 44.3 Å². The molecule has 2 aliphatic rings. The second-order valence-electron chi connectivity index (χ2n) is 6.91. The summed E-state index contributed by atoms with van der Waals surface area (Å²) in [6.45, 7) is 7.63. The van der Waals surface area contributed by atoms with Crippen molar-refractivity contribution in [2.24, 2.45) is 5.92 Å². The predicted octanol–water partition coefficient (Wildman–Crippen LogP) is 1.42. The molecule has 1 saturated heterocycles. The van der Waals surface area contributed by atoms with Crippen molar-refractivity contribution in [2.45, 2.75) is 25.9 Å². The Morgan fingerprint density at radius 1 is 1.04 bits per heavy atom. The molecule has 2 aromatic heterocycles. The molecule has 4 rings (SSSR count). The predicted molar refractivity (Wildman–Crippen MR) is 95.3 cm³/mol. The van der Waals surface area contributed by atoms with Gasteiger partial charge in [0.2, 0.25) is 5.95 Å². The normalized spacial score (nSPS) is 21.3. The summed E-state index contributed by atoms with van der Waals surface area (Å²) >= 11 is 0. The fourth-order valence-electron chi connectivity index (χ4n) is 3.70. The molecule has 0 aliphatic carbocycles. The molecule has 1 fully saturated rings. The van der Waals surface area contributed by atoms with Crippen LogP contribution in [0.5, 0.6) is 0 Å². The Labute approximate surface area is 148 Å². The van der Waals surface area contributed by atoms with Gasteiger partial charge >= 0.3 is 0 Å². The number of fused-ring (bicyclic) bond motifs is 1. The van der Waals surface area contributed by atoms with E-state index in [1.165, 1.54) is 25.9 Å². The minimum Gasteiger partial charge on any atom is -0.380 e. The van der Waals surface area contributed by atoms with Crippen molar-refractivity contribution in [3.05, 3.63) is 36.7 Å². The van der Waals surface area contributed by atoms with Crippen LogP contribution in [-0.4, -0.2) is 63.8 Å². The summed E-state index contributed by atoms with van der Waals surface area (Å²) in [4.78, 5) is 18.0. The molecule has 4 heterocycles. The van der Waals surface area contributed by atoms with Crippen molar-refractivity contribution in [3.63, 3.8) is 0 Å². The SMILES string of the molecule is c1cnc(N2Cc3nccn3C[C@@H](COCCN3CCCC3)C2)nc1. The molecule has 0 amide bonds. The Morgan fingerprint density at radius 3 is 2.72 bits per heavy atom. The number of nitrogens with zero attached hydrogens (tertiary/aromatic N) is 6. The van der Waals surface area contributed by atoms with Gasteiger partial charge in [-0.3, -0.25) is 0 Å². The highest BCUT2D eigenvalue weighted by Gasteiger charge is 2.24. The molecule has 2 aromatic rings. The van der Waals surface area contributed by atoms with Crippen LogP contribution >= 0.6 is 0 Å². The summed E-state index contributed by atoms with van der Waals surface area (Å²) in [5.41, 5.74) is 0. The van der Waals surface area contributed by atoms with Gasteiger partial charge in [0.1, 0.15) is 5.82 Å². The molecule has 0 aromatic carbocycles. The van der Waals surface area contributed by atoms with E-state index in [0.29, 0.717) is 5.92 Å². The second-order valence-corrected chi connectivity index (χ2v) is 6.91. The van der Waals surface area contributed by atoms with Gasteiger partial charge in [-0.25, -0.2) is 15.0 Å². The standard InChI is InChI=1S/C18H26N6O/c1-2-8-22(7-1)10-11-25-15-16-12-23-9-6-19-17(23)14-24(13-16)18-20-4-3-5-21-18/h3-6,9,16H,1-2,7-8,10-15H2/t16-/m1/s1. The molecule has 2 aliphatic heterocycles. The largest absolute Gasteiger partial charge is 0.380 e. The zero-order valence-corrected chi connectivity index (χ0v) is 14.6. The molecule has 0 bridgehead atoms. The van der Waals surface area contributed by atoms with Gasteiger partial charge in [-0.2, -0.15) is 0 Å². The van der Waals surface area contributed by atoms with Crippen molar-refractivity contribution in [1.82, 2.24) is 24.4 Å². The molecule has 7 heteroatoms. The Morgan fingerprint density at radius 2 is 1.88 bits per heavy atom. The maximum absolute atomic E-state index is 6.02. The molecule has 0 radical (unpaired) electrons. The highest BCUT2D eigenvalue weighted by Crippen LogP contribution is 2.19. The van der Waals surface area contributed by atoms with Gasteiger partial charge in [0.25, 0.3) is 0 Å². The average Bonchev–Trinajstić information content (AvgIpc) is 3.28. The third-order valence-electron chi connectivity index (χ3n) is 5.01. The lowest BCUT2D eigenvalue weighted by atomic mass is 10.1. The van der Waals surface area contributed by atoms with E-state index in [1.54, 1.807) is 12.4 Å².